The molecular formula is C18H26F3N3O3. The Morgan fingerprint density at radius 3 is 2.48 bits per heavy atom. The molecule has 152 valence electrons. The summed E-state index contributed by atoms with van der Waals surface area (Å²) in [4.78, 5) is 11.6. The molecule has 2 aliphatic heterocycles. The maximum Gasteiger partial charge on any atom is 0.490 e. The molecule has 6 nitrogen and oxygen atoms in total. The van der Waals surface area contributed by atoms with Crippen LogP contribution in [0, 0.1) is 5.92 Å². The highest BCUT2D eigenvalue weighted by molar-refractivity contribution is 5.73. The number of halogens is 3. The Kier molecular flexibility index (Phi) is 5.81. The Morgan fingerprint density at radius 2 is 2.00 bits per heavy atom. The number of carbonyl (C=O) groups is 1. The van der Waals surface area contributed by atoms with Gasteiger partial charge in [-0.3, -0.25) is 4.68 Å². The van der Waals surface area contributed by atoms with Crippen molar-refractivity contribution in [1.29, 1.82) is 0 Å². The zero-order valence-corrected chi connectivity index (χ0v) is 15.4. The number of hydrogen-bond acceptors (Lipinski definition) is 4. The number of aliphatic carboxylic acids is 1. The Balaban J connectivity index is 0.000000260. The number of piperidine rings is 1. The molecule has 3 fully saturated rings. The number of likely N-dealkylation sites (tertiary alicyclic amines) is 1. The first-order chi connectivity index (χ1) is 12.7. The van der Waals surface area contributed by atoms with Gasteiger partial charge in [-0.15, -0.1) is 0 Å². The number of carboxylic acid groups (broad SMARTS) is 1. The smallest absolute Gasteiger partial charge is 0.475 e. The fourth-order valence-electron chi connectivity index (χ4n) is 3.87. The maximum atomic E-state index is 10.6. The van der Waals surface area contributed by atoms with E-state index < -0.39 is 12.1 Å². The topological polar surface area (TPSA) is 67.6 Å². The minimum atomic E-state index is -5.08. The van der Waals surface area contributed by atoms with Crippen molar-refractivity contribution in [1.82, 2.24) is 14.7 Å². The minimum Gasteiger partial charge on any atom is -0.475 e. The van der Waals surface area contributed by atoms with Crippen molar-refractivity contribution in [3.05, 3.63) is 18.0 Å². The van der Waals surface area contributed by atoms with Crippen molar-refractivity contribution >= 4 is 5.97 Å². The number of aryl methyl sites for hydroxylation is 1. The number of ether oxygens (including phenoxy) is 1. The molecule has 4 rings (SSSR count). The largest absolute Gasteiger partial charge is 0.490 e. The molecule has 0 amide bonds. The Hall–Kier alpha value is -1.61. The molecule has 3 aliphatic rings. The molecule has 1 aliphatic carbocycles. The molecule has 1 spiro atoms. The number of alkyl halides is 3. The van der Waals surface area contributed by atoms with Crippen LogP contribution in [-0.4, -0.2) is 63.8 Å². The van der Waals surface area contributed by atoms with Crippen molar-refractivity contribution in [3.63, 3.8) is 0 Å². The van der Waals surface area contributed by atoms with Gasteiger partial charge in [-0.05, 0) is 43.6 Å². The molecular weight excluding hydrogens is 363 g/mol. The van der Waals surface area contributed by atoms with E-state index in [0.29, 0.717) is 5.92 Å². The SMILES string of the molecule is Cn1cc(C2COC3(CCN(CC4CC4)CC3)C2)cn1.O=C(O)C(F)(F)F. The maximum absolute atomic E-state index is 10.6. The van der Waals surface area contributed by atoms with Crippen LogP contribution < -0.4 is 0 Å². The molecule has 1 saturated carbocycles. The van der Waals surface area contributed by atoms with Crippen LogP contribution in [0.15, 0.2) is 12.4 Å². The van der Waals surface area contributed by atoms with Crippen LogP contribution in [0.1, 0.15) is 43.6 Å². The molecule has 1 atom stereocenters. The van der Waals surface area contributed by atoms with E-state index >= 15 is 0 Å². The van der Waals surface area contributed by atoms with Gasteiger partial charge in [-0.2, -0.15) is 18.3 Å². The second-order valence-electron chi connectivity index (χ2n) is 7.89. The van der Waals surface area contributed by atoms with Crippen LogP contribution in [0.5, 0.6) is 0 Å². The Morgan fingerprint density at radius 1 is 1.37 bits per heavy atom. The molecule has 1 aromatic rings. The monoisotopic (exact) mass is 389 g/mol. The van der Waals surface area contributed by atoms with Crippen LogP contribution in [-0.2, 0) is 16.6 Å². The quantitative estimate of drug-likeness (QED) is 0.861. The lowest BCUT2D eigenvalue weighted by molar-refractivity contribution is -0.192. The minimum absolute atomic E-state index is 0.167. The number of rotatable bonds is 3. The number of hydrogen-bond donors (Lipinski definition) is 1. The molecule has 0 aromatic carbocycles. The first-order valence-corrected chi connectivity index (χ1v) is 9.32. The van der Waals surface area contributed by atoms with Crippen molar-refractivity contribution < 1.29 is 27.8 Å². The van der Waals surface area contributed by atoms with E-state index in [0.717, 1.165) is 12.5 Å². The fourth-order valence-corrected chi connectivity index (χ4v) is 3.87. The molecule has 0 radical (unpaired) electrons. The first kappa shape index (κ1) is 20.1. The predicted octanol–water partition coefficient (Wildman–Crippen LogP) is 2.80. The summed E-state index contributed by atoms with van der Waals surface area (Å²) in [6.45, 7) is 4.68. The van der Waals surface area contributed by atoms with Crippen LogP contribution in [0.4, 0.5) is 13.2 Å². The van der Waals surface area contributed by atoms with E-state index in [4.69, 9.17) is 14.6 Å². The number of aromatic nitrogens is 2. The van der Waals surface area contributed by atoms with Gasteiger partial charge in [0.2, 0.25) is 0 Å². The predicted molar refractivity (Wildman–Crippen MR) is 91.3 cm³/mol. The highest BCUT2D eigenvalue weighted by Crippen LogP contribution is 2.43. The zero-order valence-electron chi connectivity index (χ0n) is 15.4. The third-order valence-corrected chi connectivity index (χ3v) is 5.63. The lowest BCUT2D eigenvalue weighted by atomic mass is 9.84. The summed E-state index contributed by atoms with van der Waals surface area (Å²) in [6.07, 6.45) is 5.62. The molecule has 2 saturated heterocycles. The fraction of sp³-hybridized carbons (Fsp3) is 0.778. The normalized spacial score (nSPS) is 25.3. The lowest BCUT2D eigenvalue weighted by Gasteiger charge is -2.38. The molecule has 1 unspecified atom stereocenters. The average molecular weight is 389 g/mol. The molecule has 3 heterocycles. The van der Waals surface area contributed by atoms with Gasteiger partial charge in [0.15, 0.2) is 0 Å². The van der Waals surface area contributed by atoms with Gasteiger partial charge in [0.1, 0.15) is 0 Å². The summed E-state index contributed by atoms with van der Waals surface area (Å²) in [7, 11) is 1.99. The van der Waals surface area contributed by atoms with Crippen molar-refractivity contribution in [2.24, 2.45) is 13.0 Å². The van der Waals surface area contributed by atoms with Crippen molar-refractivity contribution in [3.8, 4) is 0 Å². The van der Waals surface area contributed by atoms with Gasteiger partial charge in [0, 0.05) is 38.8 Å². The zero-order chi connectivity index (χ0) is 19.7. The van der Waals surface area contributed by atoms with E-state index in [1.54, 1.807) is 0 Å². The van der Waals surface area contributed by atoms with Gasteiger partial charge in [0.05, 0.1) is 18.4 Å². The average Bonchev–Trinajstić information content (AvgIpc) is 3.15. The van der Waals surface area contributed by atoms with E-state index in [2.05, 4.69) is 16.2 Å². The summed E-state index contributed by atoms with van der Waals surface area (Å²) in [6, 6.07) is 0. The van der Waals surface area contributed by atoms with E-state index in [1.807, 2.05) is 17.9 Å². The molecule has 1 N–H and O–H groups in total. The summed E-state index contributed by atoms with van der Waals surface area (Å²) < 4.78 is 39.9. The molecule has 27 heavy (non-hydrogen) atoms. The molecule has 9 heteroatoms. The summed E-state index contributed by atoms with van der Waals surface area (Å²) in [5.74, 6) is -1.19. The highest BCUT2D eigenvalue weighted by Gasteiger charge is 2.43. The van der Waals surface area contributed by atoms with Gasteiger partial charge in [0.25, 0.3) is 0 Å². The van der Waals surface area contributed by atoms with Crippen molar-refractivity contribution in [2.75, 3.05) is 26.2 Å². The van der Waals surface area contributed by atoms with Crippen LogP contribution >= 0.6 is 0 Å². The third kappa shape index (κ3) is 5.44. The molecule has 0 bridgehead atoms. The Labute approximate surface area is 156 Å². The van der Waals surface area contributed by atoms with Crippen LogP contribution in [0.2, 0.25) is 0 Å². The second kappa shape index (κ2) is 7.79. The van der Waals surface area contributed by atoms with Gasteiger partial charge >= 0.3 is 12.1 Å². The molecule has 1 aromatic heterocycles. The van der Waals surface area contributed by atoms with E-state index in [1.165, 1.54) is 57.3 Å². The number of nitrogens with zero attached hydrogens (tertiary/aromatic N) is 3. The lowest BCUT2D eigenvalue weighted by Crippen LogP contribution is -2.44. The second-order valence-corrected chi connectivity index (χ2v) is 7.89. The van der Waals surface area contributed by atoms with Gasteiger partial charge in [-0.1, -0.05) is 0 Å². The van der Waals surface area contributed by atoms with E-state index in [-0.39, 0.29) is 5.60 Å². The third-order valence-electron chi connectivity index (χ3n) is 5.63. The summed E-state index contributed by atoms with van der Waals surface area (Å²) in [5.41, 5.74) is 1.52. The van der Waals surface area contributed by atoms with Crippen LogP contribution in [0.3, 0.4) is 0 Å². The first-order valence-electron chi connectivity index (χ1n) is 9.32. The summed E-state index contributed by atoms with van der Waals surface area (Å²) in [5, 5.41) is 11.4. The highest BCUT2D eigenvalue weighted by atomic mass is 19.4. The van der Waals surface area contributed by atoms with Crippen LogP contribution in [0.25, 0.3) is 0 Å². The van der Waals surface area contributed by atoms with Crippen molar-refractivity contribution in [2.45, 2.75) is 49.8 Å². The number of carboxylic acids is 1. The summed E-state index contributed by atoms with van der Waals surface area (Å²) >= 11 is 0. The van der Waals surface area contributed by atoms with Gasteiger partial charge < -0.3 is 14.7 Å². The van der Waals surface area contributed by atoms with Gasteiger partial charge in [-0.25, -0.2) is 4.79 Å². The Bertz CT molecular complexity index is 650. The van der Waals surface area contributed by atoms with E-state index in [9.17, 15) is 13.2 Å². The standard InChI is InChI=1S/C16H25N3O.C2HF3O2/c1-18-11-15(9-17-18)14-8-16(20-12-14)4-6-19(7-5-16)10-13-2-3-13;3-2(4,5)1(6)7/h9,11,13-14H,2-8,10,12H2,1H3;(H,6,7).